The van der Waals surface area contributed by atoms with E-state index >= 15 is 0 Å². The Morgan fingerprint density at radius 3 is 2.41 bits per heavy atom. The van der Waals surface area contributed by atoms with Crippen LogP contribution in [0.4, 0.5) is 5.69 Å². The third-order valence-electron chi connectivity index (χ3n) is 3.53. The van der Waals surface area contributed by atoms with Gasteiger partial charge < -0.3 is 5.32 Å². The highest BCUT2D eigenvalue weighted by Crippen LogP contribution is 2.23. The quantitative estimate of drug-likeness (QED) is 0.781. The van der Waals surface area contributed by atoms with Crippen molar-refractivity contribution in [2.45, 2.75) is 26.7 Å². The van der Waals surface area contributed by atoms with Gasteiger partial charge in [-0.3, -0.25) is 0 Å². The van der Waals surface area contributed by atoms with Crippen LogP contribution in [-0.2, 0) is 0 Å². The Hall–Kier alpha value is -1.50. The Kier molecular flexibility index (Phi) is 4.03. The molecule has 0 aromatic heterocycles. The fourth-order valence-corrected chi connectivity index (χ4v) is 2.21. The van der Waals surface area contributed by atoms with E-state index in [1.165, 1.54) is 29.3 Å². The lowest BCUT2D eigenvalue weighted by Crippen LogP contribution is -2.12. The zero-order valence-electron chi connectivity index (χ0n) is 10.7. The van der Waals surface area contributed by atoms with Crippen molar-refractivity contribution < 1.29 is 0 Å². The minimum atomic E-state index is 0.772. The van der Waals surface area contributed by atoms with E-state index in [4.69, 9.17) is 0 Å². The summed E-state index contributed by atoms with van der Waals surface area (Å²) in [5.74, 6) is 0.772. The van der Waals surface area contributed by atoms with E-state index in [2.05, 4.69) is 61.6 Å². The highest BCUT2D eigenvalue weighted by atomic mass is 14.9. The van der Waals surface area contributed by atoms with Crippen LogP contribution in [0, 0.1) is 5.92 Å². The number of nitrogens with one attached hydrogen (secondary N) is 1. The van der Waals surface area contributed by atoms with E-state index in [0.717, 1.165) is 12.5 Å². The number of rotatable bonds is 5. The molecule has 0 fully saturated rings. The van der Waals surface area contributed by atoms with Crippen molar-refractivity contribution in [1.29, 1.82) is 0 Å². The Morgan fingerprint density at radius 1 is 0.941 bits per heavy atom. The van der Waals surface area contributed by atoms with E-state index in [0.29, 0.717) is 0 Å². The lowest BCUT2D eigenvalue weighted by Gasteiger charge is -2.15. The van der Waals surface area contributed by atoms with Gasteiger partial charge in [-0.15, -0.1) is 0 Å². The zero-order valence-corrected chi connectivity index (χ0v) is 10.7. The van der Waals surface area contributed by atoms with Crippen molar-refractivity contribution in [2.75, 3.05) is 11.9 Å². The maximum Gasteiger partial charge on any atom is 0.0419 e. The molecule has 1 nitrogen and oxygen atoms in total. The molecule has 17 heavy (non-hydrogen) atoms. The molecule has 0 heterocycles. The molecule has 2 aromatic rings. The molecular formula is C16H21N. The SMILES string of the molecule is CCC(CC)CNc1cccc2ccccc12. The summed E-state index contributed by atoms with van der Waals surface area (Å²) in [5.41, 5.74) is 1.26. The van der Waals surface area contributed by atoms with Crippen LogP contribution in [0.3, 0.4) is 0 Å². The zero-order chi connectivity index (χ0) is 12.1. The van der Waals surface area contributed by atoms with Gasteiger partial charge in [0, 0.05) is 17.6 Å². The lowest BCUT2D eigenvalue weighted by atomic mass is 10.0. The Bertz CT molecular complexity index is 466. The van der Waals surface area contributed by atoms with Gasteiger partial charge in [0.1, 0.15) is 0 Å². The van der Waals surface area contributed by atoms with Crippen LogP contribution in [-0.4, -0.2) is 6.54 Å². The fourth-order valence-electron chi connectivity index (χ4n) is 2.21. The molecule has 0 amide bonds. The molecule has 0 unspecified atom stereocenters. The minimum absolute atomic E-state index is 0.772. The predicted octanol–water partition coefficient (Wildman–Crippen LogP) is 4.69. The van der Waals surface area contributed by atoms with Gasteiger partial charge in [-0.2, -0.15) is 0 Å². The van der Waals surface area contributed by atoms with Gasteiger partial charge in [0.25, 0.3) is 0 Å². The number of hydrogen-bond acceptors (Lipinski definition) is 1. The minimum Gasteiger partial charge on any atom is -0.384 e. The third-order valence-corrected chi connectivity index (χ3v) is 3.53. The normalized spacial score (nSPS) is 11.0. The smallest absolute Gasteiger partial charge is 0.0419 e. The lowest BCUT2D eigenvalue weighted by molar-refractivity contribution is 0.519. The van der Waals surface area contributed by atoms with Gasteiger partial charge in [-0.1, -0.05) is 63.1 Å². The monoisotopic (exact) mass is 227 g/mol. The second-order valence-electron chi connectivity index (χ2n) is 4.59. The van der Waals surface area contributed by atoms with E-state index in [1.54, 1.807) is 0 Å². The number of fused-ring (bicyclic) bond motifs is 1. The van der Waals surface area contributed by atoms with E-state index < -0.39 is 0 Å². The molecule has 0 bridgehead atoms. The molecule has 0 atom stereocenters. The van der Waals surface area contributed by atoms with E-state index in [1.807, 2.05) is 0 Å². The maximum atomic E-state index is 3.59. The number of benzene rings is 2. The summed E-state index contributed by atoms with van der Waals surface area (Å²) in [4.78, 5) is 0. The maximum absolute atomic E-state index is 3.59. The molecule has 2 aromatic carbocycles. The van der Waals surface area contributed by atoms with Gasteiger partial charge in [-0.05, 0) is 17.4 Å². The third kappa shape index (κ3) is 2.79. The molecule has 90 valence electrons. The van der Waals surface area contributed by atoms with E-state index in [-0.39, 0.29) is 0 Å². The second-order valence-corrected chi connectivity index (χ2v) is 4.59. The van der Waals surface area contributed by atoms with Gasteiger partial charge in [0.2, 0.25) is 0 Å². The first-order valence-electron chi connectivity index (χ1n) is 6.56. The van der Waals surface area contributed by atoms with Crippen molar-refractivity contribution in [3.63, 3.8) is 0 Å². The van der Waals surface area contributed by atoms with Gasteiger partial charge in [-0.25, -0.2) is 0 Å². The van der Waals surface area contributed by atoms with Crippen molar-refractivity contribution in [2.24, 2.45) is 5.92 Å². The van der Waals surface area contributed by atoms with Crippen LogP contribution in [0.15, 0.2) is 42.5 Å². The van der Waals surface area contributed by atoms with Gasteiger partial charge in [0.05, 0.1) is 0 Å². The summed E-state index contributed by atoms with van der Waals surface area (Å²) in [6, 6.07) is 15.0. The molecule has 2 rings (SSSR count). The summed E-state index contributed by atoms with van der Waals surface area (Å²) in [6.07, 6.45) is 2.49. The molecule has 0 radical (unpaired) electrons. The van der Waals surface area contributed by atoms with Crippen LogP contribution in [0.1, 0.15) is 26.7 Å². The summed E-state index contributed by atoms with van der Waals surface area (Å²) >= 11 is 0. The molecule has 0 saturated heterocycles. The summed E-state index contributed by atoms with van der Waals surface area (Å²) in [5, 5.41) is 6.22. The summed E-state index contributed by atoms with van der Waals surface area (Å²) in [7, 11) is 0. The molecule has 0 aliphatic carbocycles. The highest BCUT2D eigenvalue weighted by molar-refractivity contribution is 5.93. The average Bonchev–Trinajstić information content (AvgIpc) is 2.40. The van der Waals surface area contributed by atoms with Gasteiger partial charge in [0.15, 0.2) is 0 Å². The summed E-state index contributed by atoms with van der Waals surface area (Å²) < 4.78 is 0. The molecule has 1 N–H and O–H groups in total. The van der Waals surface area contributed by atoms with Crippen molar-refractivity contribution >= 4 is 16.5 Å². The topological polar surface area (TPSA) is 12.0 Å². The molecule has 0 saturated carbocycles. The average molecular weight is 227 g/mol. The largest absolute Gasteiger partial charge is 0.384 e. The van der Waals surface area contributed by atoms with Crippen molar-refractivity contribution in [3.05, 3.63) is 42.5 Å². The standard InChI is InChI=1S/C16H21N/c1-3-13(4-2)12-17-16-11-7-9-14-8-5-6-10-15(14)16/h5-11,13,17H,3-4,12H2,1-2H3. The Labute approximate surface area is 104 Å². The van der Waals surface area contributed by atoms with Crippen LogP contribution in [0.2, 0.25) is 0 Å². The molecule has 1 heteroatoms. The Balaban J connectivity index is 2.18. The van der Waals surface area contributed by atoms with Crippen LogP contribution < -0.4 is 5.32 Å². The fraction of sp³-hybridized carbons (Fsp3) is 0.375. The van der Waals surface area contributed by atoms with Crippen LogP contribution in [0.25, 0.3) is 10.8 Å². The molecule has 0 aliphatic rings. The Morgan fingerprint density at radius 2 is 1.65 bits per heavy atom. The van der Waals surface area contributed by atoms with Crippen LogP contribution >= 0.6 is 0 Å². The van der Waals surface area contributed by atoms with E-state index in [9.17, 15) is 0 Å². The molecular weight excluding hydrogens is 206 g/mol. The first-order valence-corrected chi connectivity index (χ1v) is 6.56. The first-order chi connectivity index (χ1) is 8.35. The van der Waals surface area contributed by atoms with Crippen LogP contribution in [0.5, 0.6) is 0 Å². The number of hydrogen-bond donors (Lipinski definition) is 1. The van der Waals surface area contributed by atoms with Gasteiger partial charge >= 0.3 is 0 Å². The highest BCUT2D eigenvalue weighted by Gasteiger charge is 2.04. The number of anilines is 1. The molecule has 0 aliphatic heterocycles. The summed E-state index contributed by atoms with van der Waals surface area (Å²) in [6.45, 7) is 5.60. The molecule has 0 spiro atoms. The predicted molar refractivity (Wildman–Crippen MR) is 76.5 cm³/mol. The second kappa shape index (κ2) is 5.72. The van der Waals surface area contributed by atoms with Crippen molar-refractivity contribution in [3.8, 4) is 0 Å². The first kappa shape index (κ1) is 12.0. The van der Waals surface area contributed by atoms with Crippen molar-refractivity contribution in [1.82, 2.24) is 0 Å².